The number of aryl methyl sites for hydroxylation is 1. The van der Waals surface area contributed by atoms with Gasteiger partial charge in [-0.1, -0.05) is 11.6 Å². The van der Waals surface area contributed by atoms with E-state index in [1.807, 2.05) is 26.0 Å². The molecular formula is C16H18ClN3O2. The quantitative estimate of drug-likeness (QED) is 0.698. The van der Waals surface area contributed by atoms with E-state index in [0.717, 1.165) is 28.3 Å². The molecule has 22 heavy (non-hydrogen) atoms. The Balaban J connectivity index is 1.98. The lowest BCUT2D eigenvalue weighted by atomic mass is 10.1. The van der Waals surface area contributed by atoms with Crippen molar-refractivity contribution in [2.45, 2.75) is 32.9 Å². The average Bonchev–Trinajstić information content (AvgIpc) is 3.07. The third-order valence-electron chi connectivity index (χ3n) is 3.48. The van der Waals surface area contributed by atoms with Crippen LogP contribution in [0.4, 0.5) is 5.69 Å². The van der Waals surface area contributed by atoms with E-state index in [2.05, 4.69) is 10.3 Å². The van der Waals surface area contributed by atoms with Gasteiger partial charge in [0.2, 0.25) is 0 Å². The average molecular weight is 320 g/mol. The van der Waals surface area contributed by atoms with Crippen LogP contribution in [0, 0.1) is 6.92 Å². The normalized spacial score (nSPS) is 12.7. The number of anilines is 1. The summed E-state index contributed by atoms with van der Waals surface area (Å²) in [5, 5.41) is 3.70. The van der Waals surface area contributed by atoms with Gasteiger partial charge in [0, 0.05) is 24.1 Å². The minimum absolute atomic E-state index is 0.0225. The summed E-state index contributed by atoms with van der Waals surface area (Å²) in [6.07, 6.45) is 2.31. The van der Waals surface area contributed by atoms with Crippen molar-refractivity contribution < 1.29 is 8.83 Å². The molecule has 3 heterocycles. The third-order valence-corrected chi connectivity index (χ3v) is 3.67. The number of nitrogens with one attached hydrogen (secondary N) is 1. The van der Waals surface area contributed by atoms with E-state index in [-0.39, 0.29) is 6.04 Å². The number of nitrogens with zero attached hydrogens (tertiary/aromatic N) is 1. The molecule has 0 aliphatic rings. The Morgan fingerprint density at radius 2 is 2.27 bits per heavy atom. The summed E-state index contributed by atoms with van der Waals surface area (Å²) in [5.74, 6) is 1.68. The number of halogens is 1. The topological polar surface area (TPSA) is 77.2 Å². The summed E-state index contributed by atoms with van der Waals surface area (Å²) in [5.41, 5.74) is 9.12. The van der Waals surface area contributed by atoms with Gasteiger partial charge in [-0.05, 0) is 26.0 Å². The molecule has 0 radical (unpaired) electrons. The molecule has 3 aromatic rings. The zero-order valence-corrected chi connectivity index (χ0v) is 13.3. The number of hydrogen-bond donors (Lipinski definition) is 2. The van der Waals surface area contributed by atoms with Crippen LogP contribution in [0.2, 0.25) is 5.15 Å². The summed E-state index contributed by atoms with van der Waals surface area (Å²) in [6.45, 7) is 4.47. The molecule has 0 bridgehead atoms. The number of fused-ring (bicyclic) bond motifs is 1. The zero-order valence-electron chi connectivity index (χ0n) is 12.5. The van der Waals surface area contributed by atoms with Crippen molar-refractivity contribution >= 4 is 28.4 Å². The molecule has 3 aromatic heterocycles. The zero-order chi connectivity index (χ0) is 15.7. The van der Waals surface area contributed by atoms with Crippen LogP contribution in [-0.4, -0.2) is 11.0 Å². The van der Waals surface area contributed by atoms with Crippen molar-refractivity contribution in [3.63, 3.8) is 0 Å². The maximum absolute atomic E-state index is 6.13. The highest BCUT2D eigenvalue weighted by Crippen LogP contribution is 2.32. The van der Waals surface area contributed by atoms with E-state index in [4.69, 9.17) is 26.2 Å². The lowest BCUT2D eigenvalue weighted by molar-refractivity contribution is 0.515. The molecule has 0 saturated heterocycles. The summed E-state index contributed by atoms with van der Waals surface area (Å²) in [6, 6.07) is 5.53. The Labute approximate surface area is 133 Å². The van der Waals surface area contributed by atoms with Crippen LogP contribution in [-0.2, 0) is 13.0 Å². The molecule has 3 rings (SSSR count). The number of aromatic nitrogens is 1. The summed E-state index contributed by atoms with van der Waals surface area (Å²) >= 11 is 6.13. The van der Waals surface area contributed by atoms with Crippen LogP contribution < -0.4 is 11.1 Å². The molecule has 116 valence electrons. The molecule has 0 amide bonds. The molecule has 0 fully saturated rings. The van der Waals surface area contributed by atoms with Gasteiger partial charge in [-0.3, -0.25) is 0 Å². The highest BCUT2D eigenvalue weighted by Gasteiger charge is 2.17. The number of furan rings is 2. The van der Waals surface area contributed by atoms with Crippen LogP contribution in [0.3, 0.4) is 0 Å². The Hall–Kier alpha value is -1.98. The van der Waals surface area contributed by atoms with E-state index in [9.17, 15) is 0 Å². The van der Waals surface area contributed by atoms with E-state index >= 15 is 0 Å². The van der Waals surface area contributed by atoms with Gasteiger partial charge in [0.15, 0.2) is 5.58 Å². The van der Waals surface area contributed by atoms with E-state index < -0.39 is 0 Å². The maximum atomic E-state index is 6.13. The molecule has 3 N–H and O–H groups in total. The second kappa shape index (κ2) is 6.02. The fraction of sp³-hybridized carbons (Fsp3) is 0.312. The van der Waals surface area contributed by atoms with Crippen molar-refractivity contribution in [1.82, 2.24) is 4.98 Å². The predicted octanol–water partition coefficient (Wildman–Crippen LogP) is 3.88. The number of pyridine rings is 1. The highest BCUT2D eigenvalue weighted by molar-refractivity contribution is 6.30. The van der Waals surface area contributed by atoms with Gasteiger partial charge >= 0.3 is 0 Å². The predicted molar refractivity (Wildman–Crippen MR) is 87.1 cm³/mol. The van der Waals surface area contributed by atoms with Crippen LogP contribution in [0.15, 0.2) is 33.3 Å². The lowest BCUT2D eigenvalue weighted by Crippen LogP contribution is -2.17. The minimum atomic E-state index is 0.0225. The van der Waals surface area contributed by atoms with Gasteiger partial charge < -0.3 is 19.9 Å². The molecule has 0 aliphatic carbocycles. The first kappa shape index (κ1) is 14.9. The molecule has 6 heteroatoms. The Kier molecular flexibility index (Phi) is 4.09. The van der Waals surface area contributed by atoms with Gasteiger partial charge in [-0.25, -0.2) is 4.98 Å². The first-order chi connectivity index (χ1) is 10.5. The highest BCUT2D eigenvalue weighted by atomic mass is 35.5. The van der Waals surface area contributed by atoms with Crippen LogP contribution >= 0.6 is 11.6 Å². The summed E-state index contributed by atoms with van der Waals surface area (Å²) < 4.78 is 11.3. The van der Waals surface area contributed by atoms with Gasteiger partial charge in [0.25, 0.3) is 0 Å². The Morgan fingerprint density at radius 1 is 1.45 bits per heavy atom. The number of nitrogens with two attached hydrogens (primary N) is 1. The largest absolute Gasteiger partial charge is 0.467 e. The fourth-order valence-electron chi connectivity index (χ4n) is 2.41. The molecular weight excluding hydrogens is 302 g/mol. The third kappa shape index (κ3) is 2.96. The number of hydrogen-bond acceptors (Lipinski definition) is 5. The molecule has 0 aliphatic heterocycles. The molecule has 5 nitrogen and oxygen atoms in total. The van der Waals surface area contributed by atoms with E-state index in [1.54, 1.807) is 12.3 Å². The van der Waals surface area contributed by atoms with Gasteiger partial charge in [0.1, 0.15) is 22.2 Å². The summed E-state index contributed by atoms with van der Waals surface area (Å²) in [4.78, 5) is 4.38. The van der Waals surface area contributed by atoms with E-state index in [0.29, 0.717) is 23.7 Å². The second-order valence-electron chi connectivity index (χ2n) is 5.43. The molecule has 0 unspecified atom stereocenters. The van der Waals surface area contributed by atoms with Crippen molar-refractivity contribution in [1.29, 1.82) is 0 Å². The minimum Gasteiger partial charge on any atom is -0.467 e. The standard InChI is InChI=1S/C16H18ClN3O2/c1-9(18)6-13-10(2)15-16(22-13)12(7-14(17)20-15)19-8-11-4-3-5-21-11/h3-5,7,9H,6,8,18H2,1-2H3,(H,19,20)/t9-/m0/s1. The first-order valence-electron chi connectivity index (χ1n) is 7.15. The van der Waals surface area contributed by atoms with Gasteiger partial charge in [-0.15, -0.1) is 0 Å². The maximum Gasteiger partial charge on any atom is 0.176 e. The van der Waals surface area contributed by atoms with Crippen LogP contribution in [0.25, 0.3) is 11.1 Å². The lowest BCUT2D eigenvalue weighted by Gasteiger charge is -2.05. The number of rotatable bonds is 5. The fourth-order valence-corrected chi connectivity index (χ4v) is 2.60. The summed E-state index contributed by atoms with van der Waals surface area (Å²) in [7, 11) is 0. The molecule has 0 saturated carbocycles. The van der Waals surface area contributed by atoms with Crippen molar-refractivity contribution in [2.24, 2.45) is 5.73 Å². The smallest absolute Gasteiger partial charge is 0.176 e. The second-order valence-corrected chi connectivity index (χ2v) is 5.82. The van der Waals surface area contributed by atoms with Crippen LogP contribution in [0.1, 0.15) is 24.0 Å². The van der Waals surface area contributed by atoms with Gasteiger partial charge in [0.05, 0.1) is 18.5 Å². The van der Waals surface area contributed by atoms with Crippen molar-refractivity contribution in [2.75, 3.05) is 5.32 Å². The van der Waals surface area contributed by atoms with Crippen molar-refractivity contribution in [3.8, 4) is 0 Å². The monoisotopic (exact) mass is 319 g/mol. The van der Waals surface area contributed by atoms with E-state index in [1.165, 1.54) is 0 Å². The van der Waals surface area contributed by atoms with Crippen LogP contribution in [0.5, 0.6) is 0 Å². The Bertz CT molecular complexity index is 778. The SMILES string of the molecule is Cc1c(C[C@H](C)N)oc2c(NCc3ccco3)cc(Cl)nc12. The molecule has 0 spiro atoms. The van der Waals surface area contributed by atoms with Gasteiger partial charge in [-0.2, -0.15) is 0 Å². The molecule has 1 atom stereocenters. The molecule has 0 aromatic carbocycles. The Morgan fingerprint density at radius 3 is 2.95 bits per heavy atom. The van der Waals surface area contributed by atoms with Crippen molar-refractivity contribution in [3.05, 3.63) is 46.7 Å². The first-order valence-corrected chi connectivity index (χ1v) is 7.52.